The number of ether oxygens (including phenoxy) is 1. The second kappa shape index (κ2) is 5.33. The van der Waals surface area contributed by atoms with Crippen molar-refractivity contribution in [2.75, 3.05) is 19.1 Å². The summed E-state index contributed by atoms with van der Waals surface area (Å²) in [7, 11) is -1.51. The van der Waals surface area contributed by atoms with Crippen LogP contribution in [0.2, 0.25) is 0 Å². The largest absolute Gasteiger partial charge is 0.371 e. The van der Waals surface area contributed by atoms with Crippen LogP contribution in [-0.4, -0.2) is 37.7 Å². The minimum Gasteiger partial charge on any atom is -0.371 e. The number of hydrogen-bond donors (Lipinski definition) is 1. The summed E-state index contributed by atoms with van der Waals surface area (Å²) in [6.07, 6.45) is 1.40. The van der Waals surface area contributed by atoms with Crippen LogP contribution in [0.3, 0.4) is 0 Å². The molecule has 0 aliphatic rings. The molecule has 0 fully saturated rings. The predicted octanol–water partition coefficient (Wildman–Crippen LogP) is 0.386. The van der Waals surface area contributed by atoms with Gasteiger partial charge in [0.05, 0.1) is 11.8 Å². The highest BCUT2D eigenvalue weighted by atomic mass is 32.2. The number of nitrogens with two attached hydrogens (primary N) is 1. The summed E-state index contributed by atoms with van der Waals surface area (Å²) in [5.41, 5.74) is 5.13. The molecule has 104 valence electrons. The molecule has 0 spiro atoms. The Hall–Kier alpha value is -0.990. The summed E-state index contributed by atoms with van der Waals surface area (Å²) in [5, 5.41) is 3.78. The highest BCUT2D eigenvalue weighted by Crippen LogP contribution is 2.22. The molecule has 0 radical (unpaired) electrons. The molecule has 0 aliphatic heterocycles. The number of nitrogens with zero attached hydrogens (tertiary/aromatic N) is 2. The Kier molecular flexibility index (Phi) is 4.46. The lowest BCUT2D eigenvalue weighted by molar-refractivity contribution is 0.00973. The molecule has 0 saturated heterocycles. The van der Waals surface area contributed by atoms with Crippen LogP contribution in [0, 0.1) is 0 Å². The van der Waals surface area contributed by atoms with Crippen molar-refractivity contribution in [3.63, 3.8) is 0 Å². The van der Waals surface area contributed by atoms with E-state index in [9.17, 15) is 8.42 Å². The van der Waals surface area contributed by atoms with Gasteiger partial charge in [0.25, 0.3) is 0 Å². The Bertz CT molecular complexity index is 495. The molecule has 1 aromatic heterocycles. The van der Waals surface area contributed by atoms with Crippen LogP contribution in [0.25, 0.3) is 0 Å². The van der Waals surface area contributed by atoms with Gasteiger partial charge >= 0.3 is 0 Å². The van der Waals surface area contributed by atoms with Gasteiger partial charge in [-0.25, -0.2) is 8.42 Å². The summed E-state index contributed by atoms with van der Waals surface area (Å²) in [6.45, 7) is 3.59. The molecule has 1 rings (SSSR count). The maximum absolute atomic E-state index is 11.0. The first-order chi connectivity index (χ1) is 8.15. The van der Waals surface area contributed by atoms with E-state index in [2.05, 4.69) is 10.1 Å². The standard InChI is InChI=1S/C10H19N3O4S/c1-10(2,16-3)9-12-8(17-13-9)7(11)5-6-18(4,14)15/h7H,5-6,11H2,1-4H3. The minimum absolute atomic E-state index is 0.0143. The summed E-state index contributed by atoms with van der Waals surface area (Å²) in [5.74, 6) is 0.591. The van der Waals surface area contributed by atoms with Crippen LogP contribution in [0.4, 0.5) is 0 Å². The van der Waals surface area contributed by atoms with Gasteiger partial charge in [0.1, 0.15) is 15.4 Å². The molecule has 0 aromatic carbocycles. The highest BCUT2D eigenvalue weighted by molar-refractivity contribution is 7.90. The number of aromatic nitrogens is 2. The van der Waals surface area contributed by atoms with E-state index in [0.29, 0.717) is 5.82 Å². The van der Waals surface area contributed by atoms with Crippen molar-refractivity contribution in [3.8, 4) is 0 Å². The zero-order valence-corrected chi connectivity index (χ0v) is 11.8. The lowest BCUT2D eigenvalue weighted by atomic mass is 10.1. The van der Waals surface area contributed by atoms with Gasteiger partial charge in [-0.2, -0.15) is 4.98 Å². The van der Waals surface area contributed by atoms with Crippen LogP contribution in [-0.2, 0) is 20.2 Å². The van der Waals surface area contributed by atoms with Gasteiger partial charge in [-0.15, -0.1) is 0 Å². The molecule has 2 N–H and O–H groups in total. The van der Waals surface area contributed by atoms with E-state index in [0.717, 1.165) is 6.26 Å². The SMILES string of the molecule is COC(C)(C)c1noc(C(N)CCS(C)(=O)=O)n1. The second-order valence-electron chi connectivity index (χ2n) is 4.70. The van der Waals surface area contributed by atoms with Gasteiger partial charge in [0, 0.05) is 13.4 Å². The molecular formula is C10H19N3O4S. The molecule has 0 saturated carbocycles. The number of sulfone groups is 1. The number of rotatable bonds is 6. The van der Waals surface area contributed by atoms with E-state index in [1.807, 2.05) is 0 Å². The fourth-order valence-corrected chi connectivity index (χ4v) is 1.87. The van der Waals surface area contributed by atoms with Crippen molar-refractivity contribution in [1.82, 2.24) is 10.1 Å². The van der Waals surface area contributed by atoms with E-state index in [1.165, 1.54) is 0 Å². The molecule has 18 heavy (non-hydrogen) atoms. The molecule has 0 bridgehead atoms. The summed E-state index contributed by atoms with van der Waals surface area (Å²) in [4.78, 5) is 4.13. The van der Waals surface area contributed by atoms with E-state index in [-0.39, 0.29) is 18.1 Å². The Labute approximate surface area is 107 Å². The van der Waals surface area contributed by atoms with Crippen LogP contribution >= 0.6 is 0 Å². The second-order valence-corrected chi connectivity index (χ2v) is 6.96. The molecule has 1 atom stereocenters. The Balaban J connectivity index is 2.74. The molecule has 0 amide bonds. The van der Waals surface area contributed by atoms with E-state index in [1.54, 1.807) is 21.0 Å². The van der Waals surface area contributed by atoms with Crippen LogP contribution < -0.4 is 5.73 Å². The molecular weight excluding hydrogens is 258 g/mol. The average molecular weight is 277 g/mol. The number of hydrogen-bond acceptors (Lipinski definition) is 7. The van der Waals surface area contributed by atoms with Gasteiger partial charge in [0.15, 0.2) is 0 Å². The third kappa shape index (κ3) is 4.04. The molecule has 1 unspecified atom stereocenters. The van der Waals surface area contributed by atoms with Gasteiger partial charge in [0.2, 0.25) is 11.7 Å². The number of methoxy groups -OCH3 is 1. The first-order valence-corrected chi connectivity index (χ1v) is 7.54. The molecule has 1 heterocycles. The van der Waals surface area contributed by atoms with E-state index >= 15 is 0 Å². The molecule has 7 nitrogen and oxygen atoms in total. The van der Waals surface area contributed by atoms with Crippen LogP contribution in [0.1, 0.15) is 38.0 Å². The Morgan fingerprint density at radius 3 is 2.61 bits per heavy atom. The zero-order chi connectivity index (χ0) is 14.0. The quantitative estimate of drug-likeness (QED) is 0.800. The lowest BCUT2D eigenvalue weighted by Gasteiger charge is -2.17. The first kappa shape index (κ1) is 15.1. The van der Waals surface area contributed by atoms with Crippen LogP contribution in [0.5, 0.6) is 0 Å². The predicted molar refractivity (Wildman–Crippen MR) is 65.6 cm³/mol. The van der Waals surface area contributed by atoms with Crippen molar-refractivity contribution in [3.05, 3.63) is 11.7 Å². The summed E-state index contributed by atoms with van der Waals surface area (Å²) in [6, 6.07) is -0.589. The maximum atomic E-state index is 11.0. The molecule has 0 aliphatic carbocycles. The van der Waals surface area contributed by atoms with E-state index < -0.39 is 21.5 Å². The normalized spacial score (nSPS) is 14.7. The first-order valence-electron chi connectivity index (χ1n) is 5.48. The van der Waals surface area contributed by atoms with Gasteiger partial charge < -0.3 is 15.0 Å². The van der Waals surface area contributed by atoms with Crippen molar-refractivity contribution >= 4 is 9.84 Å². The third-order valence-corrected chi connectivity index (χ3v) is 3.58. The fourth-order valence-electron chi connectivity index (χ4n) is 1.19. The Morgan fingerprint density at radius 2 is 2.11 bits per heavy atom. The van der Waals surface area contributed by atoms with Crippen molar-refractivity contribution < 1.29 is 17.7 Å². The maximum Gasteiger partial charge on any atom is 0.243 e. The van der Waals surface area contributed by atoms with E-state index in [4.69, 9.17) is 15.0 Å². The minimum atomic E-state index is -3.05. The monoisotopic (exact) mass is 277 g/mol. The lowest BCUT2D eigenvalue weighted by Crippen LogP contribution is -2.22. The van der Waals surface area contributed by atoms with Gasteiger partial charge in [-0.1, -0.05) is 5.16 Å². The van der Waals surface area contributed by atoms with Crippen molar-refractivity contribution in [2.24, 2.45) is 5.73 Å². The van der Waals surface area contributed by atoms with Gasteiger partial charge in [-0.3, -0.25) is 0 Å². The summed E-state index contributed by atoms with van der Waals surface area (Å²) >= 11 is 0. The highest BCUT2D eigenvalue weighted by Gasteiger charge is 2.27. The third-order valence-electron chi connectivity index (χ3n) is 2.61. The Morgan fingerprint density at radius 1 is 1.50 bits per heavy atom. The van der Waals surface area contributed by atoms with Gasteiger partial charge in [-0.05, 0) is 20.3 Å². The van der Waals surface area contributed by atoms with Crippen LogP contribution in [0.15, 0.2) is 4.52 Å². The molecule has 8 heteroatoms. The average Bonchev–Trinajstić information content (AvgIpc) is 2.74. The summed E-state index contributed by atoms with van der Waals surface area (Å²) < 4.78 is 32.3. The van der Waals surface area contributed by atoms with Crippen molar-refractivity contribution in [1.29, 1.82) is 0 Å². The van der Waals surface area contributed by atoms with Crippen molar-refractivity contribution in [2.45, 2.75) is 31.9 Å². The smallest absolute Gasteiger partial charge is 0.243 e. The topological polar surface area (TPSA) is 108 Å². The molecule has 1 aromatic rings. The fraction of sp³-hybridized carbons (Fsp3) is 0.800. The zero-order valence-electron chi connectivity index (χ0n) is 11.0.